The van der Waals surface area contributed by atoms with Gasteiger partial charge in [-0.05, 0) is 92.4 Å². The van der Waals surface area contributed by atoms with Crippen molar-refractivity contribution in [3.63, 3.8) is 0 Å². The van der Waals surface area contributed by atoms with Gasteiger partial charge in [-0.15, -0.1) is 0 Å². The minimum absolute atomic E-state index is 0.175. The van der Waals surface area contributed by atoms with Gasteiger partial charge >= 0.3 is 0 Å². The largest absolute Gasteiger partial charge is 0.454 e. The smallest absolute Gasteiger partial charge is 0.159 e. The van der Waals surface area contributed by atoms with Crippen LogP contribution in [0, 0.1) is 0 Å². The van der Waals surface area contributed by atoms with Crippen molar-refractivity contribution in [2.75, 3.05) is 4.90 Å². The van der Waals surface area contributed by atoms with Crippen molar-refractivity contribution in [3.8, 4) is 11.1 Å². The summed E-state index contributed by atoms with van der Waals surface area (Å²) in [4.78, 5) is 2.42. The highest BCUT2D eigenvalue weighted by atomic mass is 16.3. The molecule has 0 saturated carbocycles. The molecule has 0 aliphatic heterocycles. The highest BCUT2D eigenvalue weighted by Gasteiger charge is 2.38. The molecule has 1 heterocycles. The minimum atomic E-state index is -0.175. The number of furan rings is 1. The van der Waals surface area contributed by atoms with Crippen LogP contribution in [0.1, 0.15) is 50.3 Å². The molecule has 0 radical (unpaired) electrons. The molecule has 1 aromatic heterocycles. The van der Waals surface area contributed by atoms with Gasteiger partial charge in [0, 0.05) is 27.3 Å². The summed E-state index contributed by atoms with van der Waals surface area (Å²) in [5.74, 6) is 0.456. The predicted octanol–water partition coefficient (Wildman–Crippen LogP) is 12.8. The van der Waals surface area contributed by atoms with E-state index >= 15 is 0 Å². The van der Waals surface area contributed by atoms with E-state index in [0.717, 1.165) is 39.0 Å². The van der Waals surface area contributed by atoms with E-state index in [1.165, 1.54) is 49.4 Å². The van der Waals surface area contributed by atoms with Gasteiger partial charge in [-0.3, -0.25) is 0 Å². The van der Waals surface area contributed by atoms with Crippen LogP contribution >= 0.6 is 0 Å². The van der Waals surface area contributed by atoms with Gasteiger partial charge in [-0.25, -0.2) is 0 Å². The first-order chi connectivity index (χ1) is 22.4. The first kappa shape index (κ1) is 27.0. The van der Waals surface area contributed by atoms with Gasteiger partial charge in [0.05, 0.1) is 11.4 Å². The van der Waals surface area contributed by atoms with Crippen LogP contribution in [0.15, 0.2) is 138 Å². The Morgan fingerprint density at radius 1 is 0.565 bits per heavy atom. The molecule has 0 unspecified atom stereocenters. The summed E-state index contributed by atoms with van der Waals surface area (Å²) in [6.45, 7) is 9.26. The molecule has 0 spiro atoms. The molecule has 46 heavy (non-hydrogen) atoms. The maximum absolute atomic E-state index is 6.67. The Labute approximate surface area is 269 Å². The summed E-state index contributed by atoms with van der Waals surface area (Å²) in [6, 6.07) is 48.9. The second kappa shape index (κ2) is 9.83. The molecule has 0 N–H and O–H groups in total. The van der Waals surface area contributed by atoms with Gasteiger partial charge in [0.2, 0.25) is 0 Å². The molecule has 0 atom stereocenters. The molecular formula is C44H35NO. The SMILES string of the molecule is CC(C)c1ccc(N(c2cc3c(c4ccccc24)-c2cc4ccccc4cc2C3(C)C)c2cccc3c2oc2ccccc23)cc1. The topological polar surface area (TPSA) is 16.4 Å². The van der Waals surface area contributed by atoms with Gasteiger partial charge in [-0.1, -0.05) is 119 Å². The molecule has 0 bridgehead atoms. The van der Waals surface area contributed by atoms with Crippen LogP contribution in [0.2, 0.25) is 0 Å². The van der Waals surface area contributed by atoms with Crippen molar-refractivity contribution >= 4 is 60.5 Å². The number of rotatable bonds is 4. The Bertz CT molecular complexity index is 2480. The second-order valence-corrected chi connectivity index (χ2v) is 13.6. The van der Waals surface area contributed by atoms with E-state index in [1.807, 2.05) is 6.07 Å². The van der Waals surface area contributed by atoms with Crippen molar-refractivity contribution in [1.29, 1.82) is 0 Å². The Hall–Kier alpha value is -5.34. The number of fused-ring (bicyclic) bond motifs is 9. The lowest BCUT2D eigenvalue weighted by Crippen LogP contribution is -2.17. The third-order valence-corrected chi connectivity index (χ3v) is 10.2. The number of hydrogen-bond donors (Lipinski definition) is 0. The first-order valence-corrected chi connectivity index (χ1v) is 16.3. The average Bonchev–Trinajstić information content (AvgIpc) is 3.57. The molecule has 0 amide bonds. The van der Waals surface area contributed by atoms with Crippen LogP contribution < -0.4 is 4.90 Å². The summed E-state index contributed by atoms with van der Waals surface area (Å²) in [5, 5.41) is 7.33. The Morgan fingerprint density at radius 3 is 1.98 bits per heavy atom. The van der Waals surface area contributed by atoms with Crippen LogP contribution in [0.3, 0.4) is 0 Å². The Kier molecular flexibility index (Phi) is 5.77. The van der Waals surface area contributed by atoms with E-state index in [1.54, 1.807) is 0 Å². The minimum Gasteiger partial charge on any atom is -0.454 e. The summed E-state index contributed by atoms with van der Waals surface area (Å²) < 4.78 is 6.67. The fourth-order valence-corrected chi connectivity index (χ4v) is 7.76. The molecular weight excluding hydrogens is 558 g/mol. The normalized spacial score (nSPS) is 13.6. The molecule has 0 fully saturated rings. The number of anilines is 3. The van der Waals surface area contributed by atoms with E-state index in [4.69, 9.17) is 4.42 Å². The van der Waals surface area contributed by atoms with Gasteiger partial charge < -0.3 is 9.32 Å². The molecule has 7 aromatic carbocycles. The van der Waals surface area contributed by atoms with E-state index < -0.39 is 0 Å². The van der Waals surface area contributed by atoms with Gasteiger partial charge in [0.15, 0.2) is 5.58 Å². The lowest BCUT2D eigenvalue weighted by molar-refractivity contribution is 0.661. The highest BCUT2D eigenvalue weighted by Crippen LogP contribution is 2.55. The average molecular weight is 594 g/mol. The summed E-state index contributed by atoms with van der Waals surface area (Å²) in [6.07, 6.45) is 0. The van der Waals surface area contributed by atoms with Gasteiger partial charge in [0.25, 0.3) is 0 Å². The highest BCUT2D eigenvalue weighted by molar-refractivity contribution is 6.14. The Morgan fingerprint density at radius 2 is 1.22 bits per heavy atom. The molecule has 2 nitrogen and oxygen atoms in total. The second-order valence-electron chi connectivity index (χ2n) is 13.6. The zero-order valence-electron chi connectivity index (χ0n) is 26.6. The fraction of sp³-hybridized carbons (Fsp3) is 0.136. The van der Waals surface area contributed by atoms with E-state index in [9.17, 15) is 0 Å². The zero-order valence-corrected chi connectivity index (χ0v) is 26.6. The van der Waals surface area contributed by atoms with Gasteiger partial charge in [0.1, 0.15) is 5.58 Å². The molecule has 0 saturated heterocycles. The lowest BCUT2D eigenvalue weighted by Gasteiger charge is -2.30. The number of benzene rings is 7. The number of para-hydroxylation sites is 2. The van der Waals surface area contributed by atoms with Crippen LogP contribution in [0.25, 0.3) is 54.6 Å². The quantitative estimate of drug-likeness (QED) is 0.202. The molecule has 9 rings (SSSR count). The van der Waals surface area contributed by atoms with Crippen molar-refractivity contribution in [2.24, 2.45) is 0 Å². The van der Waals surface area contributed by atoms with E-state index in [0.29, 0.717) is 5.92 Å². The van der Waals surface area contributed by atoms with E-state index in [2.05, 4.69) is 160 Å². The maximum atomic E-state index is 6.67. The molecule has 1 aliphatic rings. The first-order valence-electron chi connectivity index (χ1n) is 16.3. The predicted molar refractivity (Wildman–Crippen MR) is 195 cm³/mol. The maximum Gasteiger partial charge on any atom is 0.159 e. The molecule has 2 heteroatoms. The van der Waals surface area contributed by atoms with Gasteiger partial charge in [-0.2, -0.15) is 0 Å². The Balaban J connectivity index is 1.37. The molecule has 222 valence electrons. The standard InChI is InChI=1S/C44H35NO/c1-27(2)28-20-22-31(23-21-28)45(39-18-11-17-35-33-15-9-10-19-41(33)46-43(35)39)40-26-38-42(34-16-8-7-14-32(34)40)36-24-29-12-5-6-13-30(29)25-37(36)44(38,3)4/h5-27H,1-4H3. The third kappa shape index (κ3) is 3.83. The fourth-order valence-electron chi connectivity index (χ4n) is 7.76. The van der Waals surface area contributed by atoms with Crippen LogP contribution in [0.5, 0.6) is 0 Å². The van der Waals surface area contributed by atoms with Crippen molar-refractivity contribution in [2.45, 2.75) is 39.0 Å². The van der Waals surface area contributed by atoms with Crippen molar-refractivity contribution in [1.82, 2.24) is 0 Å². The summed E-state index contributed by atoms with van der Waals surface area (Å²) in [7, 11) is 0. The van der Waals surface area contributed by atoms with Crippen LogP contribution in [0.4, 0.5) is 17.1 Å². The van der Waals surface area contributed by atoms with Crippen molar-refractivity contribution in [3.05, 3.63) is 150 Å². The number of nitrogens with zero attached hydrogens (tertiary/aromatic N) is 1. The lowest BCUT2D eigenvalue weighted by atomic mass is 9.81. The van der Waals surface area contributed by atoms with Crippen LogP contribution in [-0.2, 0) is 5.41 Å². The van der Waals surface area contributed by atoms with E-state index in [-0.39, 0.29) is 5.41 Å². The van der Waals surface area contributed by atoms with Crippen LogP contribution in [-0.4, -0.2) is 0 Å². The number of hydrogen-bond acceptors (Lipinski definition) is 2. The van der Waals surface area contributed by atoms with Crippen molar-refractivity contribution < 1.29 is 4.42 Å². The third-order valence-electron chi connectivity index (χ3n) is 10.2. The monoisotopic (exact) mass is 593 g/mol. The summed E-state index contributed by atoms with van der Waals surface area (Å²) in [5.41, 5.74) is 11.7. The molecule has 8 aromatic rings. The zero-order chi connectivity index (χ0) is 31.2. The summed E-state index contributed by atoms with van der Waals surface area (Å²) >= 11 is 0. The molecule has 1 aliphatic carbocycles.